The molecule has 2 rings (SSSR count). The van der Waals surface area contributed by atoms with Gasteiger partial charge in [-0.1, -0.05) is 0 Å². The third-order valence-electron chi connectivity index (χ3n) is 1.74. The van der Waals surface area contributed by atoms with E-state index in [4.69, 9.17) is 0 Å². The van der Waals surface area contributed by atoms with E-state index in [0.29, 0.717) is 18.3 Å². The van der Waals surface area contributed by atoms with Gasteiger partial charge in [-0.15, -0.1) is 0 Å². The van der Waals surface area contributed by atoms with Crippen molar-refractivity contribution in [1.82, 2.24) is 9.78 Å². The van der Waals surface area contributed by atoms with Gasteiger partial charge in [-0.05, 0) is 12.8 Å². The first-order valence-electron chi connectivity index (χ1n) is 3.65. The first kappa shape index (κ1) is 6.39. The summed E-state index contributed by atoms with van der Waals surface area (Å²) in [6.45, 7) is 0. The van der Waals surface area contributed by atoms with Crippen LogP contribution in [0.4, 0.5) is 5.82 Å². The Balaban J connectivity index is 2.11. The van der Waals surface area contributed by atoms with Crippen molar-refractivity contribution in [2.75, 3.05) is 5.32 Å². The van der Waals surface area contributed by atoms with Crippen molar-refractivity contribution >= 4 is 12.2 Å². The normalized spacial score (nSPS) is 16.4. The second kappa shape index (κ2) is 2.38. The molecule has 1 saturated carbocycles. The smallest absolute Gasteiger partial charge is 0.212 e. The van der Waals surface area contributed by atoms with Crippen molar-refractivity contribution in [2.45, 2.75) is 18.9 Å². The highest BCUT2D eigenvalue weighted by Gasteiger charge is 2.23. The number of carbonyl (C=O) groups excluding carboxylic acids is 1. The van der Waals surface area contributed by atoms with E-state index in [2.05, 4.69) is 10.4 Å². The Morgan fingerprint density at radius 3 is 3.18 bits per heavy atom. The average Bonchev–Trinajstić information content (AvgIpc) is 2.75. The summed E-state index contributed by atoms with van der Waals surface area (Å²) in [7, 11) is 0. The number of nitrogens with one attached hydrogen (secondary N) is 1. The zero-order valence-corrected chi connectivity index (χ0v) is 6.03. The molecular formula is C7H9N3O. The predicted molar refractivity (Wildman–Crippen MR) is 40.2 cm³/mol. The van der Waals surface area contributed by atoms with Gasteiger partial charge in [-0.3, -0.25) is 9.48 Å². The van der Waals surface area contributed by atoms with Crippen LogP contribution < -0.4 is 5.32 Å². The van der Waals surface area contributed by atoms with Gasteiger partial charge < -0.3 is 5.32 Å². The van der Waals surface area contributed by atoms with Gasteiger partial charge in [0.05, 0.1) is 6.04 Å². The van der Waals surface area contributed by atoms with Gasteiger partial charge in [0, 0.05) is 12.3 Å². The first-order chi connectivity index (χ1) is 5.40. The van der Waals surface area contributed by atoms with E-state index < -0.39 is 0 Å². The molecule has 58 valence electrons. The van der Waals surface area contributed by atoms with E-state index in [0.717, 1.165) is 0 Å². The minimum Gasteiger partial charge on any atom is -0.312 e. The summed E-state index contributed by atoms with van der Waals surface area (Å²) >= 11 is 0. The third-order valence-corrected chi connectivity index (χ3v) is 1.74. The van der Waals surface area contributed by atoms with Crippen molar-refractivity contribution < 1.29 is 4.79 Å². The molecule has 0 radical (unpaired) electrons. The summed E-state index contributed by atoms with van der Waals surface area (Å²) in [5.74, 6) is 0.631. The molecule has 1 aromatic rings. The average molecular weight is 151 g/mol. The monoisotopic (exact) mass is 151 g/mol. The molecule has 0 aliphatic heterocycles. The SMILES string of the molecule is O=CNc1ccn(C2CC2)n1. The Labute approximate surface area is 64.2 Å². The third kappa shape index (κ3) is 1.24. The molecule has 4 heteroatoms. The molecule has 0 atom stereocenters. The second-order valence-electron chi connectivity index (χ2n) is 2.67. The van der Waals surface area contributed by atoms with Gasteiger partial charge in [0.15, 0.2) is 5.82 Å². The quantitative estimate of drug-likeness (QED) is 0.649. The summed E-state index contributed by atoms with van der Waals surface area (Å²) in [4.78, 5) is 10.0. The largest absolute Gasteiger partial charge is 0.312 e. The molecule has 1 amide bonds. The zero-order valence-electron chi connectivity index (χ0n) is 6.03. The molecule has 1 aliphatic rings. The molecule has 0 spiro atoms. The van der Waals surface area contributed by atoms with Crippen molar-refractivity contribution in [1.29, 1.82) is 0 Å². The fourth-order valence-corrected chi connectivity index (χ4v) is 1.02. The number of rotatable bonds is 3. The van der Waals surface area contributed by atoms with Gasteiger partial charge in [-0.2, -0.15) is 5.10 Å². The van der Waals surface area contributed by atoms with Crippen LogP contribution in [0.2, 0.25) is 0 Å². The second-order valence-corrected chi connectivity index (χ2v) is 2.67. The van der Waals surface area contributed by atoms with E-state index in [1.807, 2.05) is 10.9 Å². The lowest BCUT2D eigenvalue weighted by Gasteiger charge is -1.93. The molecule has 0 bridgehead atoms. The van der Waals surface area contributed by atoms with E-state index in [1.54, 1.807) is 6.07 Å². The van der Waals surface area contributed by atoms with Crippen molar-refractivity contribution in [3.05, 3.63) is 12.3 Å². The zero-order chi connectivity index (χ0) is 7.68. The van der Waals surface area contributed by atoms with Gasteiger partial charge in [-0.25, -0.2) is 0 Å². The maximum absolute atomic E-state index is 10.0. The van der Waals surface area contributed by atoms with Crippen molar-refractivity contribution in [2.24, 2.45) is 0 Å². The van der Waals surface area contributed by atoms with Crippen LogP contribution in [0.5, 0.6) is 0 Å². The van der Waals surface area contributed by atoms with Gasteiger partial charge in [0.2, 0.25) is 6.41 Å². The maximum atomic E-state index is 10.0. The molecule has 1 fully saturated rings. The first-order valence-corrected chi connectivity index (χ1v) is 3.65. The fourth-order valence-electron chi connectivity index (χ4n) is 1.02. The van der Waals surface area contributed by atoms with Crippen LogP contribution in [0.25, 0.3) is 0 Å². The van der Waals surface area contributed by atoms with Crippen LogP contribution in [-0.4, -0.2) is 16.2 Å². The number of hydrogen-bond donors (Lipinski definition) is 1. The molecule has 0 saturated heterocycles. The number of amides is 1. The Kier molecular flexibility index (Phi) is 1.38. The summed E-state index contributed by atoms with van der Waals surface area (Å²) in [5.41, 5.74) is 0. The van der Waals surface area contributed by atoms with Crippen LogP contribution in [-0.2, 0) is 4.79 Å². The van der Waals surface area contributed by atoms with Gasteiger partial charge in [0.1, 0.15) is 0 Å². The van der Waals surface area contributed by atoms with Crippen LogP contribution in [0.15, 0.2) is 12.3 Å². The van der Waals surface area contributed by atoms with Crippen LogP contribution in [0.1, 0.15) is 18.9 Å². The molecule has 11 heavy (non-hydrogen) atoms. The van der Waals surface area contributed by atoms with Gasteiger partial charge in [0.25, 0.3) is 0 Å². The standard InChI is InChI=1S/C7H9N3O/c11-5-8-7-3-4-10(9-7)6-1-2-6/h3-6H,1-2H2,(H,8,9,11). The lowest BCUT2D eigenvalue weighted by Crippen LogP contribution is -1.98. The minimum absolute atomic E-state index is 0.581. The highest BCUT2D eigenvalue weighted by Crippen LogP contribution is 2.34. The number of carbonyl (C=O) groups is 1. The fraction of sp³-hybridized carbons (Fsp3) is 0.429. The van der Waals surface area contributed by atoms with E-state index in [-0.39, 0.29) is 0 Å². The van der Waals surface area contributed by atoms with E-state index in [1.165, 1.54) is 12.8 Å². The molecule has 0 unspecified atom stereocenters. The molecule has 1 heterocycles. The molecule has 1 aromatic heterocycles. The highest BCUT2D eigenvalue weighted by molar-refractivity contribution is 5.68. The Morgan fingerprint density at radius 2 is 2.55 bits per heavy atom. The lowest BCUT2D eigenvalue weighted by atomic mass is 10.6. The summed E-state index contributed by atoms with van der Waals surface area (Å²) in [5, 5.41) is 6.63. The Bertz CT molecular complexity index is 264. The predicted octanol–water partition coefficient (Wildman–Crippen LogP) is 0.786. The van der Waals surface area contributed by atoms with Crippen LogP contribution >= 0.6 is 0 Å². The number of nitrogens with zero attached hydrogens (tertiary/aromatic N) is 2. The summed E-state index contributed by atoms with van der Waals surface area (Å²) in [6.07, 6.45) is 4.95. The van der Waals surface area contributed by atoms with Crippen molar-refractivity contribution in [3.8, 4) is 0 Å². The Hall–Kier alpha value is -1.32. The molecule has 4 nitrogen and oxygen atoms in total. The summed E-state index contributed by atoms with van der Waals surface area (Å²) < 4.78 is 1.89. The molecular weight excluding hydrogens is 142 g/mol. The molecule has 1 aliphatic carbocycles. The highest BCUT2D eigenvalue weighted by atomic mass is 16.1. The van der Waals surface area contributed by atoms with Crippen LogP contribution in [0.3, 0.4) is 0 Å². The number of anilines is 1. The van der Waals surface area contributed by atoms with Gasteiger partial charge >= 0.3 is 0 Å². The minimum atomic E-state index is 0.581. The lowest BCUT2D eigenvalue weighted by molar-refractivity contribution is -0.105. The molecule has 0 aromatic carbocycles. The number of aromatic nitrogens is 2. The van der Waals surface area contributed by atoms with Crippen LogP contribution in [0, 0.1) is 0 Å². The van der Waals surface area contributed by atoms with E-state index >= 15 is 0 Å². The topological polar surface area (TPSA) is 46.9 Å². The molecule has 1 N–H and O–H groups in total. The maximum Gasteiger partial charge on any atom is 0.212 e. The Morgan fingerprint density at radius 1 is 1.73 bits per heavy atom. The van der Waals surface area contributed by atoms with E-state index in [9.17, 15) is 4.79 Å². The van der Waals surface area contributed by atoms with Crippen molar-refractivity contribution in [3.63, 3.8) is 0 Å². The summed E-state index contributed by atoms with van der Waals surface area (Å²) in [6, 6.07) is 2.38. The number of hydrogen-bond acceptors (Lipinski definition) is 2.